The van der Waals surface area contributed by atoms with Crippen molar-refractivity contribution >= 4 is 23.0 Å². The number of rotatable bonds is 5. The Morgan fingerprint density at radius 3 is 2.67 bits per heavy atom. The molecule has 0 radical (unpaired) electrons. The molecule has 0 aromatic heterocycles. The SMILES string of the molecule is COc1ccc(NC(C)c2cccc([N+](=O)[O-])c2)cc1Cl. The largest absolute Gasteiger partial charge is 0.495 e. The Labute approximate surface area is 127 Å². The summed E-state index contributed by atoms with van der Waals surface area (Å²) < 4.78 is 5.10. The summed E-state index contributed by atoms with van der Waals surface area (Å²) in [6.45, 7) is 1.93. The van der Waals surface area contributed by atoms with E-state index >= 15 is 0 Å². The maximum absolute atomic E-state index is 10.8. The summed E-state index contributed by atoms with van der Waals surface area (Å²) >= 11 is 6.07. The summed E-state index contributed by atoms with van der Waals surface area (Å²) in [7, 11) is 1.56. The van der Waals surface area contributed by atoms with Gasteiger partial charge < -0.3 is 10.1 Å². The van der Waals surface area contributed by atoms with Crippen LogP contribution in [0.2, 0.25) is 5.02 Å². The Morgan fingerprint density at radius 1 is 1.29 bits per heavy atom. The van der Waals surface area contributed by atoms with Crippen LogP contribution >= 0.6 is 11.6 Å². The third kappa shape index (κ3) is 3.64. The number of anilines is 1. The Hall–Kier alpha value is -2.27. The number of ether oxygens (including phenoxy) is 1. The minimum Gasteiger partial charge on any atom is -0.495 e. The van der Waals surface area contributed by atoms with E-state index in [9.17, 15) is 10.1 Å². The lowest BCUT2D eigenvalue weighted by Gasteiger charge is -2.16. The summed E-state index contributed by atoms with van der Waals surface area (Å²) in [5.74, 6) is 0.602. The van der Waals surface area contributed by atoms with Crippen molar-refractivity contribution in [2.45, 2.75) is 13.0 Å². The Morgan fingerprint density at radius 2 is 2.05 bits per heavy atom. The van der Waals surface area contributed by atoms with Gasteiger partial charge in [-0.25, -0.2) is 0 Å². The molecule has 2 rings (SSSR count). The van der Waals surface area contributed by atoms with E-state index in [1.807, 2.05) is 19.1 Å². The third-order valence-corrected chi connectivity index (χ3v) is 3.41. The molecule has 21 heavy (non-hydrogen) atoms. The number of non-ortho nitro benzene ring substituents is 1. The van der Waals surface area contributed by atoms with Crippen molar-refractivity contribution in [2.24, 2.45) is 0 Å². The topological polar surface area (TPSA) is 64.4 Å². The van der Waals surface area contributed by atoms with Crippen LogP contribution in [0.3, 0.4) is 0 Å². The summed E-state index contributed by atoms with van der Waals surface area (Å²) in [6.07, 6.45) is 0. The standard InChI is InChI=1S/C15H15ClN2O3/c1-10(11-4-3-5-13(8-11)18(19)20)17-12-6-7-15(21-2)14(16)9-12/h3-10,17H,1-2H3. The number of nitro groups is 1. The second kappa shape index (κ2) is 6.45. The van der Waals surface area contributed by atoms with Gasteiger partial charge in [0, 0.05) is 23.9 Å². The quantitative estimate of drug-likeness (QED) is 0.655. The predicted octanol–water partition coefficient (Wildman–Crippen LogP) is 4.43. The molecule has 0 aliphatic heterocycles. The highest BCUT2D eigenvalue weighted by Gasteiger charge is 2.11. The highest BCUT2D eigenvalue weighted by Crippen LogP contribution is 2.29. The van der Waals surface area contributed by atoms with Crippen LogP contribution < -0.4 is 10.1 Å². The Kier molecular flexibility index (Phi) is 4.65. The highest BCUT2D eigenvalue weighted by atomic mass is 35.5. The highest BCUT2D eigenvalue weighted by molar-refractivity contribution is 6.32. The molecule has 0 amide bonds. The molecule has 0 bridgehead atoms. The molecule has 2 aromatic rings. The molecule has 1 atom stereocenters. The van der Waals surface area contributed by atoms with Crippen molar-refractivity contribution in [1.82, 2.24) is 0 Å². The van der Waals surface area contributed by atoms with Crippen LogP contribution in [-0.4, -0.2) is 12.0 Å². The molecule has 0 saturated heterocycles. The summed E-state index contributed by atoms with van der Waals surface area (Å²) in [5.41, 5.74) is 1.73. The van der Waals surface area contributed by atoms with Crippen LogP contribution in [0.4, 0.5) is 11.4 Å². The molecule has 2 aromatic carbocycles. The second-order valence-electron chi connectivity index (χ2n) is 4.57. The van der Waals surface area contributed by atoms with Gasteiger partial charge in [0.1, 0.15) is 5.75 Å². The number of hydrogen-bond acceptors (Lipinski definition) is 4. The van der Waals surface area contributed by atoms with E-state index in [1.54, 1.807) is 31.4 Å². The molecule has 5 nitrogen and oxygen atoms in total. The van der Waals surface area contributed by atoms with E-state index in [4.69, 9.17) is 16.3 Å². The Balaban J connectivity index is 2.17. The molecule has 110 valence electrons. The van der Waals surface area contributed by atoms with Crippen molar-refractivity contribution < 1.29 is 9.66 Å². The summed E-state index contributed by atoms with van der Waals surface area (Å²) in [4.78, 5) is 10.4. The van der Waals surface area contributed by atoms with E-state index < -0.39 is 4.92 Å². The van der Waals surface area contributed by atoms with Crippen LogP contribution in [-0.2, 0) is 0 Å². The summed E-state index contributed by atoms with van der Waals surface area (Å²) in [6, 6.07) is 11.8. The smallest absolute Gasteiger partial charge is 0.269 e. The number of hydrogen-bond donors (Lipinski definition) is 1. The van der Waals surface area contributed by atoms with Crippen LogP contribution in [0, 0.1) is 10.1 Å². The van der Waals surface area contributed by atoms with Crippen LogP contribution in [0.1, 0.15) is 18.5 Å². The first-order valence-electron chi connectivity index (χ1n) is 6.35. The molecule has 0 heterocycles. The van der Waals surface area contributed by atoms with Gasteiger partial charge in [0.25, 0.3) is 5.69 Å². The van der Waals surface area contributed by atoms with E-state index in [0.717, 1.165) is 11.3 Å². The van der Waals surface area contributed by atoms with Gasteiger partial charge in [-0.2, -0.15) is 0 Å². The fourth-order valence-electron chi connectivity index (χ4n) is 2.00. The minimum absolute atomic E-state index is 0.0777. The van der Waals surface area contributed by atoms with Gasteiger partial charge in [-0.05, 0) is 30.7 Å². The van der Waals surface area contributed by atoms with Gasteiger partial charge in [-0.1, -0.05) is 23.7 Å². The van der Waals surface area contributed by atoms with Crippen LogP contribution in [0.5, 0.6) is 5.75 Å². The fourth-order valence-corrected chi connectivity index (χ4v) is 2.25. The van der Waals surface area contributed by atoms with Crippen molar-refractivity contribution in [2.75, 3.05) is 12.4 Å². The van der Waals surface area contributed by atoms with Gasteiger partial charge in [0.15, 0.2) is 0 Å². The van der Waals surface area contributed by atoms with E-state index in [2.05, 4.69) is 5.32 Å². The average Bonchev–Trinajstić information content (AvgIpc) is 2.47. The van der Waals surface area contributed by atoms with E-state index in [1.165, 1.54) is 6.07 Å². The molecule has 0 aliphatic carbocycles. The fraction of sp³-hybridized carbons (Fsp3) is 0.200. The monoisotopic (exact) mass is 306 g/mol. The molecular formula is C15H15ClN2O3. The molecule has 0 fully saturated rings. The molecule has 6 heteroatoms. The maximum atomic E-state index is 10.8. The lowest BCUT2D eigenvalue weighted by Crippen LogP contribution is -2.07. The van der Waals surface area contributed by atoms with Crippen molar-refractivity contribution in [1.29, 1.82) is 0 Å². The van der Waals surface area contributed by atoms with Gasteiger partial charge in [0.05, 0.1) is 17.1 Å². The van der Waals surface area contributed by atoms with Crippen molar-refractivity contribution in [3.8, 4) is 5.75 Å². The number of nitrogens with one attached hydrogen (secondary N) is 1. The lowest BCUT2D eigenvalue weighted by molar-refractivity contribution is -0.384. The Bertz CT molecular complexity index is 661. The average molecular weight is 307 g/mol. The van der Waals surface area contributed by atoms with Crippen molar-refractivity contribution in [3.63, 3.8) is 0 Å². The normalized spacial score (nSPS) is 11.8. The molecule has 0 spiro atoms. The second-order valence-corrected chi connectivity index (χ2v) is 4.97. The van der Waals surface area contributed by atoms with Gasteiger partial charge in [-0.15, -0.1) is 0 Å². The number of nitro benzene ring substituents is 1. The first-order valence-corrected chi connectivity index (χ1v) is 6.73. The first-order chi connectivity index (χ1) is 10.0. The zero-order valence-corrected chi connectivity index (χ0v) is 12.4. The van der Waals surface area contributed by atoms with Crippen molar-refractivity contribution in [3.05, 3.63) is 63.2 Å². The van der Waals surface area contributed by atoms with E-state index in [0.29, 0.717) is 10.8 Å². The van der Waals surface area contributed by atoms with Crippen LogP contribution in [0.15, 0.2) is 42.5 Å². The van der Waals surface area contributed by atoms with Gasteiger partial charge >= 0.3 is 0 Å². The van der Waals surface area contributed by atoms with E-state index in [-0.39, 0.29) is 11.7 Å². The summed E-state index contributed by atoms with van der Waals surface area (Å²) in [5, 5.41) is 14.6. The number of halogens is 1. The molecule has 1 unspecified atom stereocenters. The number of benzene rings is 2. The third-order valence-electron chi connectivity index (χ3n) is 3.12. The molecule has 0 aliphatic rings. The van der Waals surface area contributed by atoms with Gasteiger partial charge in [0.2, 0.25) is 0 Å². The zero-order valence-electron chi connectivity index (χ0n) is 11.7. The lowest BCUT2D eigenvalue weighted by atomic mass is 10.1. The van der Waals surface area contributed by atoms with Crippen LogP contribution in [0.25, 0.3) is 0 Å². The predicted molar refractivity (Wildman–Crippen MR) is 83.1 cm³/mol. The zero-order chi connectivity index (χ0) is 15.4. The number of methoxy groups -OCH3 is 1. The number of nitrogens with zero attached hydrogens (tertiary/aromatic N) is 1. The molecule has 0 saturated carbocycles. The first kappa shape index (κ1) is 15.1. The maximum Gasteiger partial charge on any atom is 0.269 e. The molecule has 1 N–H and O–H groups in total. The molecular weight excluding hydrogens is 292 g/mol. The minimum atomic E-state index is -0.402. The van der Waals surface area contributed by atoms with Gasteiger partial charge in [-0.3, -0.25) is 10.1 Å².